The van der Waals surface area contributed by atoms with E-state index in [1.54, 1.807) is 24.4 Å². The van der Waals surface area contributed by atoms with Crippen LogP contribution in [0.4, 0.5) is 4.39 Å². The third kappa shape index (κ3) is 4.73. The lowest BCUT2D eigenvalue weighted by Crippen LogP contribution is -2.24. The maximum atomic E-state index is 13.3. The quantitative estimate of drug-likeness (QED) is 0.765. The second kappa shape index (κ2) is 7.71. The maximum Gasteiger partial charge on any atom is 0.224 e. The van der Waals surface area contributed by atoms with Crippen molar-refractivity contribution in [1.82, 2.24) is 10.3 Å². The molecule has 0 atom stereocenters. The van der Waals surface area contributed by atoms with Crippen LogP contribution in [0.1, 0.15) is 16.7 Å². The Balaban J connectivity index is 1.58. The molecule has 0 aliphatic rings. The van der Waals surface area contributed by atoms with Crippen LogP contribution < -0.4 is 5.32 Å². The lowest BCUT2D eigenvalue weighted by atomic mass is 10.1. The number of aromatic nitrogens is 1. The highest BCUT2D eigenvalue weighted by molar-refractivity contribution is 5.78. The van der Waals surface area contributed by atoms with Crippen LogP contribution in [-0.4, -0.2) is 10.9 Å². The fraction of sp³-hybridized carbons (Fsp3) is 0.143. The van der Waals surface area contributed by atoms with Crippen LogP contribution in [-0.2, 0) is 17.8 Å². The minimum absolute atomic E-state index is 0.0539. The standard InChI is InChI=1S/C21H19FN2O/c1-15-4-2-5-16(10-15)14-24-21(25)11-17-8-9-20(23-13-17)18-6-3-7-19(22)12-18/h2-10,12-13H,11,14H2,1H3,(H,24,25). The number of halogens is 1. The van der Waals surface area contributed by atoms with Crippen LogP contribution in [0.2, 0.25) is 0 Å². The Bertz CT molecular complexity index is 875. The predicted octanol–water partition coefficient (Wildman–Crippen LogP) is 4.06. The summed E-state index contributed by atoms with van der Waals surface area (Å²) < 4.78 is 13.3. The van der Waals surface area contributed by atoms with E-state index in [0.29, 0.717) is 12.2 Å². The zero-order chi connectivity index (χ0) is 17.6. The van der Waals surface area contributed by atoms with Crippen LogP contribution in [0.5, 0.6) is 0 Å². The molecular formula is C21H19FN2O. The summed E-state index contributed by atoms with van der Waals surface area (Å²) in [6.07, 6.45) is 1.93. The van der Waals surface area contributed by atoms with Crippen molar-refractivity contribution in [3.8, 4) is 11.3 Å². The molecule has 1 aromatic heterocycles. The normalized spacial score (nSPS) is 10.5. The van der Waals surface area contributed by atoms with Gasteiger partial charge in [-0.1, -0.05) is 48.0 Å². The van der Waals surface area contributed by atoms with Gasteiger partial charge in [0.25, 0.3) is 0 Å². The summed E-state index contributed by atoms with van der Waals surface area (Å²) in [7, 11) is 0. The molecule has 0 saturated carbocycles. The molecule has 0 aliphatic carbocycles. The number of hydrogen-bond donors (Lipinski definition) is 1. The number of carbonyl (C=O) groups excluding carboxylic acids is 1. The van der Waals surface area contributed by atoms with Gasteiger partial charge < -0.3 is 5.32 Å². The van der Waals surface area contributed by atoms with Gasteiger partial charge in [-0.2, -0.15) is 0 Å². The van der Waals surface area contributed by atoms with Crippen molar-refractivity contribution < 1.29 is 9.18 Å². The molecule has 0 spiro atoms. The lowest BCUT2D eigenvalue weighted by Gasteiger charge is -2.07. The van der Waals surface area contributed by atoms with Gasteiger partial charge >= 0.3 is 0 Å². The van der Waals surface area contributed by atoms with E-state index < -0.39 is 0 Å². The molecule has 126 valence electrons. The first-order chi connectivity index (χ1) is 12.1. The molecule has 25 heavy (non-hydrogen) atoms. The fourth-order valence-corrected chi connectivity index (χ4v) is 2.62. The minimum atomic E-state index is -0.293. The van der Waals surface area contributed by atoms with E-state index in [-0.39, 0.29) is 18.1 Å². The number of nitrogens with one attached hydrogen (secondary N) is 1. The van der Waals surface area contributed by atoms with Gasteiger partial charge in [0.2, 0.25) is 5.91 Å². The molecule has 1 amide bonds. The number of amides is 1. The fourth-order valence-electron chi connectivity index (χ4n) is 2.62. The van der Waals surface area contributed by atoms with Crippen LogP contribution in [0, 0.1) is 12.7 Å². The Morgan fingerprint density at radius 2 is 1.88 bits per heavy atom. The van der Waals surface area contributed by atoms with Gasteiger partial charge in [-0.05, 0) is 36.2 Å². The summed E-state index contributed by atoms with van der Waals surface area (Å²) in [5.74, 6) is -0.347. The van der Waals surface area contributed by atoms with Gasteiger partial charge in [-0.15, -0.1) is 0 Å². The van der Waals surface area contributed by atoms with E-state index in [1.165, 1.54) is 17.7 Å². The van der Waals surface area contributed by atoms with E-state index in [4.69, 9.17) is 0 Å². The molecule has 1 heterocycles. The van der Waals surface area contributed by atoms with Gasteiger partial charge in [0.1, 0.15) is 5.82 Å². The number of aryl methyl sites for hydroxylation is 1. The van der Waals surface area contributed by atoms with E-state index in [2.05, 4.69) is 16.4 Å². The molecule has 0 fully saturated rings. The summed E-state index contributed by atoms with van der Waals surface area (Å²) in [5, 5.41) is 2.91. The van der Waals surface area contributed by atoms with Crippen LogP contribution in [0.3, 0.4) is 0 Å². The average molecular weight is 334 g/mol. The molecule has 4 heteroatoms. The second-order valence-electron chi connectivity index (χ2n) is 6.00. The Kier molecular flexibility index (Phi) is 5.19. The Labute approximate surface area is 146 Å². The van der Waals surface area contributed by atoms with Crippen LogP contribution >= 0.6 is 0 Å². The SMILES string of the molecule is Cc1cccc(CNC(=O)Cc2ccc(-c3cccc(F)c3)nc2)c1. The van der Waals surface area contributed by atoms with Crippen molar-refractivity contribution in [2.75, 3.05) is 0 Å². The number of carbonyl (C=O) groups is 1. The van der Waals surface area contributed by atoms with Crippen molar-refractivity contribution in [3.05, 3.63) is 89.4 Å². The lowest BCUT2D eigenvalue weighted by molar-refractivity contribution is -0.120. The monoisotopic (exact) mass is 334 g/mol. The Hall–Kier alpha value is -3.01. The first kappa shape index (κ1) is 16.8. The number of benzene rings is 2. The maximum absolute atomic E-state index is 13.3. The van der Waals surface area contributed by atoms with Gasteiger partial charge in [-0.3, -0.25) is 9.78 Å². The third-order valence-corrected chi connectivity index (χ3v) is 3.88. The average Bonchev–Trinajstić information content (AvgIpc) is 2.61. The minimum Gasteiger partial charge on any atom is -0.352 e. The smallest absolute Gasteiger partial charge is 0.224 e. The zero-order valence-electron chi connectivity index (χ0n) is 14.0. The molecule has 2 aromatic carbocycles. The largest absolute Gasteiger partial charge is 0.352 e. The summed E-state index contributed by atoms with van der Waals surface area (Å²) in [5.41, 5.74) is 4.47. The van der Waals surface area contributed by atoms with Crippen molar-refractivity contribution in [2.45, 2.75) is 19.9 Å². The first-order valence-electron chi connectivity index (χ1n) is 8.13. The van der Waals surface area contributed by atoms with Gasteiger partial charge in [0, 0.05) is 18.3 Å². The van der Waals surface area contributed by atoms with E-state index in [9.17, 15) is 9.18 Å². The molecule has 0 radical (unpaired) electrons. The summed E-state index contributed by atoms with van der Waals surface area (Å²) in [6, 6.07) is 18.0. The molecule has 3 nitrogen and oxygen atoms in total. The topological polar surface area (TPSA) is 42.0 Å². The molecule has 0 bridgehead atoms. The number of rotatable bonds is 5. The second-order valence-corrected chi connectivity index (χ2v) is 6.00. The van der Waals surface area contributed by atoms with Crippen molar-refractivity contribution >= 4 is 5.91 Å². The van der Waals surface area contributed by atoms with Crippen LogP contribution in [0.15, 0.2) is 66.9 Å². The summed E-state index contributed by atoms with van der Waals surface area (Å²) in [4.78, 5) is 16.4. The summed E-state index contributed by atoms with van der Waals surface area (Å²) >= 11 is 0. The van der Waals surface area contributed by atoms with Gasteiger partial charge in [-0.25, -0.2) is 4.39 Å². The Morgan fingerprint density at radius 1 is 1.04 bits per heavy atom. The number of hydrogen-bond acceptors (Lipinski definition) is 2. The highest BCUT2D eigenvalue weighted by atomic mass is 19.1. The molecule has 0 unspecified atom stereocenters. The molecule has 3 rings (SSSR count). The van der Waals surface area contributed by atoms with E-state index in [0.717, 1.165) is 16.7 Å². The molecular weight excluding hydrogens is 315 g/mol. The number of pyridine rings is 1. The predicted molar refractivity (Wildman–Crippen MR) is 96.4 cm³/mol. The first-order valence-corrected chi connectivity index (χ1v) is 8.13. The van der Waals surface area contributed by atoms with Crippen molar-refractivity contribution in [1.29, 1.82) is 0 Å². The van der Waals surface area contributed by atoms with E-state index >= 15 is 0 Å². The Morgan fingerprint density at radius 3 is 2.60 bits per heavy atom. The molecule has 3 aromatic rings. The highest BCUT2D eigenvalue weighted by Crippen LogP contribution is 2.18. The molecule has 0 aliphatic heterocycles. The van der Waals surface area contributed by atoms with Gasteiger partial charge in [0.15, 0.2) is 0 Å². The van der Waals surface area contributed by atoms with Gasteiger partial charge in [0.05, 0.1) is 12.1 Å². The van der Waals surface area contributed by atoms with Crippen LogP contribution in [0.25, 0.3) is 11.3 Å². The van der Waals surface area contributed by atoms with Crippen molar-refractivity contribution in [2.24, 2.45) is 0 Å². The van der Waals surface area contributed by atoms with Crippen molar-refractivity contribution in [3.63, 3.8) is 0 Å². The zero-order valence-corrected chi connectivity index (χ0v) is 14.0. The molecule has 1 N–H and O–H groups in total. The third-order valence-electron chi connectivity index (χ3n) is 3.88. The summed E-state index contributed by atoms with van der Waals surface area (Å²) in [6.45, 7) is 2.53. The molecule has 0 saturated heterocycles. The number of nitrogens with zero attached hydrogens (tertiary/aromatic N) is 1. The van der Waals surface area contributed by atoms with E-state index in [1.807, 2.05) is 31.2 Å². The highest BCUT2D eigenvalue weighted by Gasteiger charge is 2.06.